The van der Waals surface area contributed by atoms with Gasteiger partial charge in [0.1, 0.15) is 5.02 Å². The summed E-state index contributed by atoms with van der Waals surface area (Å²) in [7, 11) is 0. The number of aromatic nitrogens is 1. The molecule has 0 bridgehead atoms. The molecule has 0 unspecified atom stereocenters. The number of benzene rings is 1. The van der Waals surface area contributed by atoms with Crippen LogP contribution in [0.5, 0.6) is 0 Å². The maximum atomic E-state index is 13.4. The Morgan fingerprint density at radius 1 is 1.12 bits per heavy atom. The van der Waals surface area contributed by atoms with Crippen LogP contribution in [0.25, 0.3) is 11.1 Å². The number of pyridine rings is 1. The molecule has 1 aromatic heterocycles. The van der Waals surface area contributed by atoms with Gasteiger partial charge in [-0.05, 0) is 6.07 Å². The molecular formula is C11H6ClF2NO. The summed E-state index contributed by atoms with van der Waals surface area (Å²) in [4.78, 5) is 14.2. The van der Waals surface area contributed by atoms with Gasteiger partial charge >= 0.3 is 0 Å². The smallest absolute Gasteiger partial charge is 0.208 e. The topological polar surface area (TPSA) is 32.9 Å². The minimum Gasteiger partial charge on any atom is -0.366 e. The molecule has 2 aromatic rings. The first-order valence-corrected chi connectivity index (χ1v) is 4.80. The van der Waals surface area contributed by atoms with E-state index in [0.717, 1.165) is 6.07 Å². The molecule has 1 aromatic carbocycles. The molecule has 1 N–H and O–H groups in total. The van der Waals surface area contributed by atoms with Crippen molar-refractivity contribution in [1.82, 2.24) is 4.98 Å². The van der Waals surface area contributed by atoms with Crippen molar-refractivity contribution in [3.63, 3.8) is 0 Å². The lowest BCUT2D eigenvalue weighted by Gasteiger charge is -2.03. The van der Waals surface area contributed by atoms with Crippen LogP contribution in [0.2, 0.25) is 5.02 Å². The fourth-order valence-corrected chi connectivity index (χ4v) is 1.53. The lowest BCUT2D eigenvalue weighted by molar-refractivity contribution is 0.511. The van der Waals surface area contributed by atoms with Gasteiger partial charge < -0.3 is 4.98 Å². The molecule has 0 saturated carbocycles. The Bertz CT molecular complexity index is 595. The Morgan fingerprint density at radius 3 is 2.62 bits per heavy atom. The molecule has 2 rings (SSSR count). The van der Waals surface area contributed by atoms with Crippen molar-refractivity contribution in [2.75, 3.05) is 0 Å². The first-order valence-electron chi connectivity index (χ1n) is 4.42. The van der Waals surface area contributed by atoms with Crippen LogP contribution in [0.15, 0.2) is 35.4 Å². The van der Waals surface area contributed by atoms with Gasteiger partial charge in [0, 0.05) is 23.5 Å². The molecule has 0 amide bonds. The van der Waals surface area contributed by atoms with Crippen molar-refractivity contribution in [2.24, 2.45) is 0 Å². The van der Waals surface area contributed by atoms with E-state index in [1.54, 1.807) is 0 Å². The lowest BCUT2D eigenvalue weighted by Crippen LogP contribution is -2.07. The lowest BCUT2D eigenvalue weighted by atomic mass is 10.1. The van der Waals surface area contributed by atoms with Crippen LogP contribution in [0.3, 0.4) is 0 Å². The number of rotatable bonds is 1. The van der Waals surface area contributed by atoms with Crippen molar-refractivity contribution in [2.45, 2.75) is 0 Å². The predicted molar refractivity (Wildman–Crippen MR) is 57.4 cm³/mol. The Morgan fingerprint density at radius 2 is 1.88 bits per heavy atom. The Kier molecular flexibility index (Phi) is 2.75. The largest absolute Gasteiger partial charge is 0.366 e. The highest BCUT2D eigenvalue weighted by Gasteiger charge is 2.13. The number of aromatic amines is 1. The summed E-state index contributed by atoms with van der Waals surface area (Å²) >= 11 is 5.60. The molecule has 0 aliphatic heterocycles. The Balaban J connectivity index is 2.73. The third-order valence-corrected chi connectivity index (χ3v) is 2.42. The molecule has 0 aliphatic rings. The first-order chi connectivity index (χ1) is 7.61. The monoisotopic (exact) mass is 241 g/mol. The molecule has 5 heteroatoms. The van der Waals surface area contributed by atoms with Gasteiger partial charge in [0.25, 0.3) is 0 Å². The highest BCUT2D eigenvalue weighted by atomic mass is 35.5. The van der Waals surface area contributed by atoms with Crippen LogP contribution in [-0.4, -0.2) is 4.98 Å². The summed E-state index contributed by atoms with van der Waals surface area (Å²) in [5.74, 6) is -2.06. The standard InChI is InChI=1S/C11H6ClF2NO/c12-8-5-15-4-7(11(8)16)6-2-1-3-9(13)10(6)14/h1-5H,(H,15,16). The molecule has 0 radical (unpaired) electrons. The van der Waals surface area contributed by atoms with Gasteiger partial charge in [0.05, 0.1) is 0 Å². The van der Waals surface area contributed by atoms with E-state index in [2.05, 4.69) is 4.98 Å². The van der Waals surface area contributed by atoms with Crippen molar-refractivity contribution in [3.05, 3.63) is 57.5 Å². The van der Waals surface area contributed by atoms with Gasteiger partial charge in [-0.2, -0.15) is 0 Å². The zero-order valence-electron chi connectivity index (χ0n) is 7.93. The molecule has 16 heavy (non-hydrogen) atoms. The molecule has 1 heterocycles. The van der Waals surface area contributed by atoms with E-state index in [9.17, 15) is 13.6 Å². The number of H-pyrrole nitrogens is 1. The molecule has 82 valence electrons. The van der Waals surface area contributed by atoms with Crippen molar-refractivity contribution >= 4 is 11.6 Å². The molecule has 0 aliphatic carbocycles. The van der Waals surface area contributed by atoms with Crippen LogP contribution in [0.1, 0.15) is 0 Å². The number of halogens is 3. The quantitative estimate of drug-likeness (QED) is 0.818. The van der Waals surface area contributed by atoms with E-state index < -0.39 is 17.1 Å². The van der Waals surface area contributed by atoms with Gasteiger partial charge in [0.2, 0.25) is 5.43 Å². The van der Waals surface area contributed by atoms with Gasteiger partial charge in [-0.3, -0.25) is 4.79 Å². The van der Waals surface area contributed by atoms with E-state index in [4.69, 9.17) is 11.6 Å². The molecule has 0 spiro atoms. The van der Waals surface area contributed by atoms with Gasteiger partial charge in [-0.25, -0.2) is 8.78 Å². The van der Waals surface area contributed by atoms with Crippen molar-refractivity contribution < 1.29 is 8.78 Å². The van der Waals surface area contributed by atoms with Crippen molar-refractivity contribution in [3.8, 4) is 11.1 Å². The predicted octanol–water partition coefficient (Wildman–Crippen LogP) is 2.97. The highest BCUT2D eigenvalue weighted by molar-refractivity contribution is 6.30. The molecular weight excluding hydrogens is 236 g/mol. The summed E-state index contributed by atoms with van der Waals surface area (Å²) < 4.78 is 26.4. The Hall–Kier alpha value is -1.68. The third kappa shape index (κ3) is 1.72. The van der Waals surface area contributed by atoms with E-state index in [-0.39, 0.29) is 16.1 Å². The van der Waals surface area contributed by atoms with Crippen molar-refractivity contribution in [1.29, 1.82) is 0 Å². The maximum Gasteiger partial charge on any atom is 0.208 e. The highest BCUT2D eigenvalue weighted by Crippen LogP contribution is 2.21. The fraction of sp³-hybridized carbons (Fsp3) is 0. The SMILES string of the molecule is O=c1c(Cl)c[nH]cc1-c1cccc(F)c1F. The summed E-state index contributed by atoms with van der Waals surface area (Å²) in [6.07, 6.45) is 2.57. The van der Waals surface area contributed by atoms with Gasteiger partial charge in [0.15, 0.2) is 11.6 Å². The molecule has 0 fully saturated rings. The number of hydrogen-bond acceptors (Lipinski definition) is 1. The average Bonchev–Trinajstić information content (AvgIpc) is 2.27. The summed E-state index contributed by atoms with van der Waals surface area (Å²) in [5.41, 5.74) is -0.641. The maximum absolute atomic E-state index is 13.4. The molecule has 0 atom stereocenters. The summed E-state index contributed by atoms with van der Waals surface area (Å²) in [5, 5.41) is -0.0684. The molecule has 0 saturated heterocycles. The van der Waals surface area contributed by atoms with E-state index in [0.29, 0.717) is 0 Å². The van der Waals surface area contributed by atoms with Crippen LogP contribution < -0.4 is 5.43 Å². The van der Waals surface area contributed by atoms with Crippen LogP contribution in [0, 0.1) is 11.6 Å². The van der Waals surface area contributed by atoms with Gasteiger partial charge in [-0.1, -0.05) is 23.7 Å². The summed E-state index contributed by atoms with van der Waals surface area (Å²) in [6, 6.07) is 3.63. The second-order valence-electron chi connectivity index (χ2n) is 3.15. The van der Waals surface area contributed by atoms with Crippen LogP contribution in [0.4, 0.5) is 8.78 Å². The summed E-state index contributed by atoms with van der Waals surface area (Å²) in [6.45, 7) is 0. The minimum absolute atomic E-state index is 0.00417. The second-order valence-corrected chi connectivity index (χ2v) is 3.55. The van der Waals surface area contributed by atoms with E-state index >= 15 is 0 Å². The first kappa shape index (κ1) is 10.8. The zero-order valence-corrected chi connectivity index (χ0v) is 8.68. The zero-order chi connectivity index (χ0) is 11.7. The number of nitrogens with one attached hydrogen (secondary N) is 1. The third-order valence-electron chi connectivity index (χ3n) is 2.14. The normalized spacial score (nSPS) is 10.4. The average molecular weight is 242 g/mol. The second kappa shape index (κ2) is 4.06. The minimum atomic E-state index is -1.06. The molecule has 2 nitrogen and oxygen atoms in total. The van der Waals surface area contributed by atoms with Gasteiger partial charge in [-0.15, -0.1) is 0 Å². The van der Waals surface area contributed by atoms with Crippen LogP contribution >= 0.6 is 11.6 Å². The fourth-order valence-electron chi connectivity index (χ4n) is 1.37. The van der Waals surface area contributed by atoms with Crippen LogP contribution in [-0.2, 0) is 0 Å². The van der Waals surface area contributed by atoms with E-state index in [1.807, 2.05) is 0 Å². The Labute approximate surface area is 94.5 Å². The van der Waals surface area contributed by atoms with E-state index in [1.165, 1.54) is 24.5 Å². The number of hydrogen-bond donors (Lipinski definition) is 1.